The second-order valence-corrected chi connectivity index (χ2v) is 8.09. The van der Waals surface area contributed by atoms with Gasteiger partial charge in [0, 0.05) is 11.3 Å². The van der Waals surface area contributed by atoms with Crippen molar-refractivity contribution in [2.75, 3.05) is 17.2 Å². The highest BCUT2D eigenvalue weighted by Gasteiger charge is 2.27. The molecule has 0 aliphatic carbocycles. The fourth-order valence-corrected chi connectivity index (χ4v) is 4.26. The van der Waals surface area contributed by atoms with Crippen LogP contribution in [0.5, 0.6) is 0 Å². The molecule has 0 saturated carbocycles. The summed E-state index contributed by atoms with van der Waals surface area (Å²) in [5.74, 6) is -1.28. The first-order chi connectivity index (χ1) is 14.8. The van der Waals surface area contributed by atoms with Gasteiger partial charge in [-0.3, -0.25) is 9.59 Å². The van der Waals surface area contributed by atoms with Gasteiger partial charge < -0.3 is 15.4 Å². The SMILES string of the molecule is CCOC(=O)c1c(NC(=O)c2ccccc2C)sc(C(=O)Nc2cccc(C)c2)c1C. The lowest BCUT2D eigenvalue weighted by Gasteiger charge is -2.08. The largest absolute Gasteiger partial charge is 0.462 e. The molecule has 160 valence electrons. The van der Waals surface area contributed by atoms with Crippen molar-refractivity contribution in [1.82, 2.24) is 0 Å². The lowest BCUT2D eigenvalue weighted by atomic mass is 10.1. The fourth-order valence-electron chi connectivity index (χ4n) is 3.18. The maximum Gasteiger partial charge on any atom is 0.341 e. The molecule has 0 radical (unpaired) electrons. The molecule has 1 heterocycles. The van der Waals surface area contributed by atoms with E-state index >= 15 is 0 Å². The van der Waals surface area contributed by atoms with Gasteiger partial charge in [0.2, 0.25) is 0 Å². The number of carbonyl (C=O) groups excluding carboxylic acids is 3. The van der Waals surface area contributed by atoms with Crippen LogP contribution in [0.3, 0.4) is 0 Å². The van der Waals surface area contributed by atoms with Crippen LogP contribution < -0.4 is 10.6 Å². The summed E-state index contributed by atoms with van der Waals surface area (Å²) in [6.45, 7) is 7.34. The Bertz CT molecular complexity index is 1150. The van der Waals surface area contributed by atoms with E-state index in [1.165, 1.54) is 0 Å². The van der Waals surface area contributed by atoms with Crippen molar-refractivity contribution in [3.05, 3.63) is 81.2 Å². The number of nitrogens with one attached hydrogen (secondary N) is 2. The Labute approximate surface area is 185 Å². The van der Waals surface area contributed by atoms with Crippen molar-refractivity contribution in [1.29, 1.82) is 0 Å². The van der Waals surface area contributed by atoms with E-state index in [0.29, 0.717) is 26.7 Å². The van der Waals surface area contributed by atoms with Crippen molar-refractivity contribution in [2.24, 2.45) is 0 Å². The molecule has 3 rings (SSSR count). The highest BCUT2D eigenvalue weighted by Crippen LogP contribution is 2.35. The van der Waals surface area contributed by atoms with Gasteiger partial charge in [-0.05, 0) is 62.6 Å². The van der Waals surface area contributed by atoms with E-state index in [0.717, 1.165) is 22.5 Å². The molecule has 1 aromatic heterocycles. The van der Waals surface area contributed by atoms with Crippen molar-refractivity contribution in [3.63, 3.8) is 0 Å². The zero-order valence-electron chi connectivity index (χ0n) is 17.9. The van der Waals surface area contributed by atoms with Crippen molar-refractivity contribution >= 4 is 39.8 Å². The van der Waals surface area contributed by atoms with Crippen molar-refractivity contribution in [3.8, 4) is 0 Å². The lowest BCUT2D eigenvalue weighted by Crippen LogP contribution is -2.16. The quantitative estimate of drug-likeness (QED) is 0.510. The molecule has 0 unspecified atom stereocenters. The molecule has 2 amide bonds. The Morgan fingerprint density at radius 3 is 2.35 bits per heavy atom. The summed E-state index contributed by atoms with van der Waals surface area (Å²) in [6, 6.07) is 14.6. The van der Waals surface area contributed by atoms with E-state index in [1.807, 2.05) is 44.2 Å². The Hall–Kier alpha value is -3.45. The molecule has 6 nitrogen and oxygen atoms in total. The summed E-state index contributed by atoms with van der Waals surface area (Å²) in [5, 5.41) is 5.94. The minimum atomic E-state index is -0.578. The number of hydrogen-bond acceptors (Lipinski definition) is 5. The van der Waals surface area contributed by atoms with Crippen LogP contribution in [0.15, 0.2) is 48.5 Å². The van der Waals surface area contributed by atoms with Gasteiger partial charge in [0.25, 0.3) is 11.8 Å². The monoisotopic (exact) mass is 436 g/mol. The Balaban J connectivity index is 1.96. The van der Waals surface area contributed by atoms with E-state index in [-0.39, 0.29) is 24.0 Å². The van der Waals surface area contributed by atoms with Gasteiger partial charge in [-0.25, -0.2) is 4.79 Å². The summed E-state index contributed by atoms with van der Waals surface area (Å²) in [6.07, 6.45) is 0. The topological polar surface area (TPSA) is 84.5 Å². The molecule has 3 aromatic rings. The van der Waals surface area contributed by atoms with E-state index in [9.17, 15) is 14.4 Å². The molecule has 0 fully saturated rings. The molecule has 7 heteroatoms. The summed E-state index contributed by atoms with van der Waals surface area (Å²) in [7, 11) is 0. The van der Waals surface area contributed by atoms with Crippen molar-refractivity contribution in [2.45, 2.75) is 27.7 Å². The van der Waals surface area contributed by atoms with E-state index in [4.69, 9.17) is 4.74 Å². The third-order valence-electron chi connectivity index (χ3n) is 4.73. The molecule has 0 aliphatic heterocycles. The Morgan fingerprint density at radius 1 is 0.935 bits per heavy atom. The molecule has 0 spiro atoms. The minimum absolute atomic E-state index is 0.185. The number of amides is 2. The number of ether oxygens (including phenoxy) is 1. The summed E-state index contributed by atoms with van der Waals surface area (Å²) in [4.78, 5) is 38.7. The number of rotatable bonds is 6. The van der Waals surface area contributed by atoms with Crippen LogP contribution in [0.1, 0.15) is 54.0 Å². The molecule has 31 heavy (non-hydrogen) atoms. The van der Waals surface area contributed by atoms with Crippen LogP contribution in [0, 0.1) is 20.8 Å². The van der Waals surface area contributed by atoms with Gasteiger partial charge in [-0.2, -0.15) is 0 Å². The van der Waals surface area contributed by atoms with E-state index in [1.54, 1.807) is 32.0 Å². The summed E-state index contributed by atoms with van der Waals surface area (Å²) in [5.41, 5.74) is 3.63. The maximum atomic E-state index is 12.9. The van der Waals surface area contributed by atoms with Gasteiger partial charge >= 0.3 is 5.97 Å². The molecule has 0 bridgehead atoms. The van der Waals surface area contributed by atoms with Crippen LogP contribution in [-0.4, -0.2) is 24.4 Å². The number of benzene rings is 2. The molecule has 2 aromatic carbocycles. The molecule has 0 aliphatic rings. The first kappa shape index (κ1) is 22.2. The van der Waals surface area contributed by atoms with Crippen LogP contribution >= 0.6 is 11.3 Å². The second-order valence-electron chi connectivity index (χ2n) is 7.07. The number of esters is 1. The summed E-state index contributed by atoms with van der Waals surface area (Å²) < 4.78 is 5.17. The van der Waals surface area contributed by atoms with E-state index in [2.05, 4.69) is 10.6 Å². The molecule has 2 N–H and O–H groups in total. The standard InChI is InChI=1S/C24H24N2O4S/c1-5-30-24(29)19-16(4)20(22(28)25-17-11-8-9-14(2)13-17)31-23(19)26-21(27)18-12-7-6-10-15(18)3/h6-13H,5H2,1-4H3,(H,25,28)(H,26,27). The Kier molecular flexibility index (Phi) is 6.87. The first-order valence-electron chi connectivity index (χ1n) is 9.87. The highest BCUT2D eigenvalue weighted by molar-refractivity contribution is 7.19. The van der Waals surface area contributed by atoms with Crippen LogP contribution in [0.2, 0.25) is 0 Å². The number of hydrogen-bond donors (Lipinski definition) is 2. The zero-order chi connectivity index (χ0) is 22.5. The predicted octanol–water partition coefficient (Wildman–Crippen LogP) is 5.35. The lowest BCUT2D eigenvalue weighted by molar-refractivity contribution is 0.0527. The van der Waals surface area contributed by atoms with Crippen molar-refractivity contribution < 1.29 is 19.1 Å². The number of anilines is 2. The van der Waals surface area contributed by atoms with Gasteiger partial charge in [0.15, 0.2) is 0 Å². The molecular weight excluding hydrogens is 412 g/mol. The third kappa shape index (κ3) is 5.00. The van der Waals surface area contributed by atoms with Gasteiger partial charge in [0.05, 0.1) is 17.0 Å². The predicted molar refractivity (Wildman–Crippen MR) is 123 cm³/mol. The molecular formula is C24H24N2O4S. The van der Waals surface area contributed by atoms with Crippen LogP contribution in [0.25, 0.3) is 0 Å². The first-order valence-corrected chi connectivity index (χ1v) is 10.7. The Morgan fingerprint density at radius 2 is 1.68 bits per heavy atom. The number of aryl methyl sites for hydroxylation is 2. The second kappa shape index (κ2) is 9.57. The van der Waals surface area contributed by atoms with Gasteiger partial charge in [-0.15, -0.1) is 11.3 Å². The van der Waals surface area contributed by atoms with Crippen LogP contribution in [0.4, 0.5) is 10.7 Å². The normalized spacial score (nSPS) is 10.5. The number of carbonyl (C=O) groups is 3. The molecule has 0 atom stereocenters. The van der Waals surface area contributed by atoms with Crippen LogP contribution in [-0.2, 0) is 4.74 Å². The van der Waals surface area contributed by atoms with Gasteiger partial charge in [-0.1, -0.05) is 30.3 Å². The molecule has 0 saturated heterocycles. The third-order valence-corrected chi connectivity index (χ3v) is 5.93. The fraction of sp³-hybridized carbons (Fsp3) is 0.208. The number of thiophene rings is 1. The average molecular weight is 437 g/mol. The highest BCUT2D eigenvalue weighted by atomic mass is 32.1. The van der Waals surface area contributed by atoms with Gasteiger partial charge in [0.1, 0.15) is 5.00 Å². The average Bonchev–Trinajstić information content (AvgIpc) is 3.04. The smallest absolute Gasteiger partial charge is 0.341 e. The maximum absolute atomic E-state index is 12.9. The van der Waals surface area contributed by atoms with E-state index < -0.39 is 5.97 Å². The minimum Gasteiger partial charge on any atom is -0.462 e. The summed E-state index contributed by atoms with van der Waals surface area (Å²) >= 11 is 1.06. The zero-order valence-corrected chi connectivity index (χ0v) is 18.7.